The zero-order valence-electron chi connectivity index (χ0n) is 13.5. The summed E-state index contributed by atoms with van der Waals surface area (Å²) in [5.74, 6) is -0.792. The molecule has 1 amide bonds. The number of amides is 1. The smallest absolute Gasteiger partial charge is 0.350 e. The summed E-state index contributed by atoms with van der Waals surface area (Å²) >= 11 is 1.10. The van der Waals surface area contributed by atoms with Crippen molar-refractivity contribution in [3.8, 4) is 0 Å². The molecule has 1 heterocycles. The third-order valence-electron chi connectivity index (χ3n) is 3.08. The van der Waals surface area contributed by atoms with Gasteiger partial charge < -0.3 is 10.5 Å². The van der Waals surface area contributed by atoms with Gasteiger partial charge in [-0.1, -0.05) is 38.2 Å². The fourth-order valence-electron chi connectivity index (χ4n) is 1.96. The molecule has 23 heavy (non-hydrogen) atoms. The first kappa shape index (κ1) is 17.0. The number of ether oxygens (including phenoxy) is 1. The molecule has 7 heteroatoms. The number of hydrogen-bond donors (Lipinski definition) is 2. The van der Waals surface area contributed by atoms with E-state index in [1.54, 1.807) is 24.3 Å². The normalized spacial score (nSPS) is 11.1. The molecule has 0 saturated carbocycles. The second-order valence-corrected chi connectivity index (χ2v) is 7.02. The maximum atomic E-state index is 12.3. The van der Waals surface area contributed by atoms with E-state index in [1.165, 1.54) is 7.11 Å². The second kappa shape index (κ2) is 6.37. The molecular weight excluding hydrogens is 314 g/mol. The van der Waals surface area contributed by atoms with E-state index in [2.05, 4.69) is 10.3 Å². The molecule has 0 bridgehead atoms. The van der Waals surface area contributed by atoms with Gasteiger partial charge in [-0.25, -0.2) is 9.78 Å². The number of carbonyl (C=O) groups excluding carboxylic acids is 2. The second-order valence-electron chi connectivity index (χ2n) is 6.02. The van der Waals surface area contributed by atoms with Crippen molar-refractivity contribution in [3.63, 3.8) is 0 Å². The van der Waals surface area contributed by atoms with Gasteiger partial charge in [0.15, 0.2) is 5.13 Å². The highest BCUT2D eigenvalue weighted by atomic mass is 32.1. The Balaban J connectivity index is 2.32. The lowest BCUT2D eigenvalue weighted by atomic mass is 9.91. The van der Waals surface area contributed by atoms with Gasteiger partial charge >= 0.3 is 5.97 Å². The molecule has 0 fully saturated rings. The monoisotopic (exact) mass is 333 g/mol. The number of rotatable bonds is 3. The van der Waals surface area contributed by atoms with Crippen LogP contribution in [0.25, 0.3) is 0 Å². The fourth-order valence-corrected chi connectivity index (χ4v) is 3.05. The van der Waals surface area contributed by atoms with Crippen molar-refractivity contribution >= 4 is 34.0 Å². The number of anilines is 2. The van der Waals surface area contributed by atoms with Gasteiger partial charge in [0.1, 0.15) is 4.88 Å². The largest absolute Gasteiger partial charge is 0.465 e. The van der Waals surface area contributed by atoms with Crippen molar-refractivity contribution < 1.29 is 14.3 Å². The lowest BCUT2D eigenvalue weighted by Gasteiger charge is -2.16. The van der Waals surface area contributed by atoms with Gasteiger partial charge in [0, 0.05) is 16.7 Å². The van der Waals surface area contributed by atoms with E-state index in [1.807, 2.05) is 20.8 Å². The molecule has 0 atom stereocenters. The number of nitrogen functional groups attached to an aromatic ring is 1. The minimum absolute atomic E-state index is 0.331. The van der Waals surface area contributed by atoms with Crippen LogP contribution in [0.15, 0.2) is 24.3 Å². The van der Waals surface area contributed by atoms with Gasteiger partial charge in [-0.05, 0) is 18.2 Å². The number of aromatic nitrogens is 1. The Morgan fingerprint density at radius 3 is 2.57 bits per heavy atom. The zero-order valence-corrected chi connectivity index (χ0v) is 14.3. The molecule has 0 radical (unpaired) electrons. The molecule has 2 aromatic rings. The zero-order chi connectivity index (χ0) is 17.2. The summed E-state index contributed by atoms with van der Waals surface area (Å²) in [5.41, 5.74) is 6.86. The maximum Gasteiger partial charge on any atom is 0.350 e. The predicted octanol–water partition coefficient (Wildman–Crippen LogP) is 3.06. The summed E-state index contributed by atoms with van der Waals surface area (Å²) in [7, 11) is 1.32. The molecule has 6 nitrogen and oxygen atoms in total. The Labute approximate surface area is 138 Å². The summed E-state index contributed by atoms with van der Waals surface area (Å²) in [6, 6.07) is 6.64. The minimum atomic E-state index is -0.461. The molecule has 122 valence electrons. The van der Waals surface area contributed by atoms with E-state index in [9.17, 15) is 9.59 Å². The lowest BCUT2D eigenvalue weighted by molar-refractivity contribution is 0.0603. The summed E-state index contributed by atoms with van der Waals surface area (Å²) in [4.78, 5) is 29.0. The highest BCUT2D eigenvalue weighted by molar-refractivity contribution is 7.17. The van der Waals surface area contributed by atoms with Crippen LogP contribution in [0.1, 0.15) is 46.5 Å². The number of nitrogens with two attached hydrogens (primary N) is 1. The highest BCUT2D eigenvalue weighted by Gasteiger charge is 2.28. The number of carbonyl (C=O) groups is 2. The molecule has 2 rings (SSSR count). The Morgan fingerprint density at radius 1 is 1.30 bits per heavy atom. The van der Waals surface area contributed by atoms with Crippen LogP contribution in [0.4, 0.5) is 10.8 Å². The average molecular weight is 333 g/mol. The molecular formula is C16H19N3O3S. The van der Waals surface area contributed by atoms with Gasteiger partial charge in [0.25, 0.3) is 5.91 Å². The number of nitrogens with zero attached hydrogens (tertiary/aromatic N) is 1. The standard InChI is InChI=1S/C16H19N3O3S/c1-16(2,3)12-11(14(21)22-4)23-15(18-12)19-13(20)9-6-5-7-10(17)8-9/h5-8H,17H2,1-4H3,(H,18,19,20). The van der Waals surface area contributed by atoms with E-state index in [0.29, 0.717) is 27.0 Å². The number of esters is 1. The average Bonchev–Trinajstić information content (AvgIpc) is 2.90. The first-order valence-corrected chi connectivity index (χ1v) is 7.80. The summed E-state index contributed by atoms with van der Waals surface area (Å²) < 4.78 is 4.79. The topological polar surface area (TPSA) is 94.3 Å². The highest BCUT2D eigenvalue weighted by Crippen LogP contribution is 2.32. The van der Waals surface area contributed by atoms with Crippen LogP contribution in [-0.4, -0.2) is 24.0 Å². The number of benzene rings is 1. The van der Waals surface area contributed by atoms with Crippen molar-refractivity contribution in [2.75, 3.05) is 18.2 Å². The summed E-state index contributed by atoms with van der Waals surface area (Å²) in [5, 5.41) is 3.05. The SMILES string of the molecule is COC(=O)c1sc(NC(=O)c2cccc(N)c2)nc1C(C)(C)C. The first-order chi connectivity index (χ1) is 10.7. The van der Waals surface area contributed by atoms with E-state index >= 15 is 0 Å². The number of methoxy groups -OCH3 is 1. The Kier molecular flexibility index (Phi) is 4.70. The van der Waals surface area contributed by atoms with Crippen molar-refractivity contribution in [3.05, 3.63) is 40.4 Å². The van der Waals surface area contributed by atoms with Gasteiger partial charge in [-0.3, -0.25) is 10.1 Å². The summed E-state index contributed by atoms with van der Waals surface area (Å²) in [6.45, 7) is 5.83. The molecule has 0 saturated heterocycles. The molecule has 0 unspecified atom stereocenters. The quantitative estimate of drug-likeness (QED) is 0.665. The van der Waals surface area contributed by atoms with Crippen molar-refractivity contribution in [1.82, 2.24) is 4.98 Å². The fraction of sp³-hybridized carbons (Fsp3) is 0.312. The molecule has 0 spiro atoms. The van der Waals surface area contributed by atoms with E-state index in [-0.39, 0.29) is 11.3 Å². The van der Waals surface area contributed by atoms with E-state index in [0.717, 1.165) is 11.3 Å². The first-order valence-electron chi connectivity index (χ1n) is 6.99. The molecule has 1 aromatic heterocycles. The van der Waals surface area contributed by atoms with Crippen LogP contribution in [0, 0.1) is 0 Å². The van der Waals surface area contributed by atoms with Crippen molar-refractivity contribution in [2.24, 2.45) is 0 Å². The Bertz CT molecular complexity index is 747. The predicted molar refractivity (Wildman–Crippen MR) is 91.0 cm³/mol. The molecule has 0 aliphatic carbocycles. The molecule has 0 aliphatic heterocycles. The molecule has 0 aliphatic rings. The third kappa shape index (κ3) is 3.87. The number of hydrogen-bond acceptors (Lipinski definition) is 6. The van der Waals surface area contributed by atoms with Crippen LogP contribution < -0.4 is 11.1 Å². The van der Waals surface area contributed by atoms with E-state index in [4.69, 9.17) is 10.5 Å². The van der Waals surface area contributed by atoms with Crippen LogP contribution in [0.2, 0.25) is 0 Å². The molecule has 1 aromatic carbocycles. The van der Waals surface area contributed by atoms with Crippen LogP contribution in [0.3, 0.4) is 0 Å². The number of thiazole rings is 1. The lowest BCUT2D eigenvalue weighted by Crippen LogP contribution is -2.17. The summed E-state index contributed by atoms with van der Waals surface area (Å²) in [6.07, 6.45) is 0. The van der Waals surface area contributed by atoms with Crippen LogP contribution in [-0.2, 0) is 10.2 Å². The van der Waals surface area contributed by atoms with Gasteiger partial charge in [-0.2, -0.15) is 0 Å². The number of nitrogens with one attached hydrogen (secondary N) is 1. The van der Waals surface area contributed by atoms with Gasteiger partial charge in [0.2, 0.25) is 0 Å². The van der Waals surface area contributed by atoms with Gasteiger partial charge in [-0.15, -0.1) is 0 Å². The Hall–Kier alpha value is -2.41. The van der Waals surface area contributed by atoms with Crippen molar-refractivity contribution in [1.29, 1.82) is 0 Å². The van der Waals surface area contributed by atoms with Crippen molar-refractivity contribution in [2.45, 2.75) is 26.2 Å². The van der Waals surface area contributed by atoms with Crippen LogP contribution >= 0.6 is 11.3 Å². The molecule has 3 N–H and O–H groups in total. The third-order valence-corrected chi connectivity index (χ3v) is 4.03. The van der Waals surface area contributed by atoms with Crippen LogP contribution in [0.5, 0.6) is 0 Å². The van der Waals surface area contributed by atoms with E-state index < -0.39 is 5.97 Å². The Morgan fingerprint density at radius 2 is 2.00 bits per heavy atom. The maximum absolute atomic E-state index is 12.3. The van der Waals surface area contributed by atoms with Gasteiger partial charge in [0.05, 0.1) is 12.8 Å². The minimum Gasteiger partial charge on any atom is -0.465 e.